The van der Waals surface area contributed by atoms with Gasteiger partial charge in [-0.2, -0.15) is 4.31 Å². The molecule has 1 atom stereocenters. The lowest BCUT2D eigenvalue weighted by atomic mass is 10.3. The maximum atomic E-state index is 12.8. The Morgan fingerprint density at radius 1 is 1.25 bits per heavy atom. The molecule has 0 aromatic heterocycles. The molecular formula is C15H25ClN2O5S. The predicted molar refractivity (Wildman–Crippen MR) is 93.6 cm³/mol. The molecule has 2 N–H and O–H groups in total. The van der Waals surface area contributed by atoms with Crippen LogP contribution in [0.2, 0.25) is 0 Å². The third-order valence-corrected chi connectivity index (χ3v) is 5.38. The van der Waals surface area contributed by atoms with E-state index >= 15 is 0 Å². The van der Waals surface area contributed by atoms with E-state index in [1.165, 1.54) is 16.4 Å². The molecule has 2 rings (SSSR count). The van der Waals surface area contributed by atoms with Gasteiger partial charge in [-0.15, -0.1) is 12.4 Å². The highest BCUT2D eigenvalue weighted by molar-refractivity contribution is 7.89. The van der Waals surface area contributed by atoms with E-state index in [0.29, 0.717) is 44.4 Å². The van der Waals surface area contributed by atoms with Gasteiger partial charge in [-0.05, 0) is 26.0 Å². The van der Waals surface area contributed by atoms with Gasteiger partial charge in [0.1, 0.15) is 0 Å². The van der Waals surface area contributed by atoms with Crippen LogP contribution in [0.15, 0.2) is 23.1 Å². The summed E-state index contributed by atoms with van der Waals surface area (Å²) in [6, 6.07) is 4.68. The molecule has 9 heteroatoms. The first-order valence-electron chi connectivity index (χ1n) is 7.74. The van der Waals surface area contributed by atoms with Crippen LogP contribution in [0.4, 0.5) is 0 Å². The second-order valence-electron chi connectivity index (χ2n) is 5.07. The third-order valence-electron chi connectivity index (χ3n) is 3.52. The summed E-state index contributed by atoms with van der Waals surface area (Å²) in [5.74, 6) is 0.967. The van der Waals surface area contributed by atoms with Gasteiger partial charge in [-0.25, -0.2) is 8.42 Å². The summed E-state index contributed by atoms with van der Waals surface area (Å²) in [4.78, 5) is 0.182. The van der Waals surface area contributed by atoms with E-state index < -0.39 is 10.0 Å². The van der Waals surface area contributed by atoms with Gasteiger partial charge >= 0.3 is 0 Å². The minimum Gasteiger partial charge on any atom is -0.490 e. The van der Waals surface area contributed by atoms with Gasteiger partial charge in [0.25, 0.3) is 0 Å². The Morgan fingerprint density at radius 2 is 1.92 bits per heavy atom. The summed E-state index contributed by atoms with van der Waals surface area (Å²) in [5, 5.41) is 0. The number of sulfonamides is 1. The molecule has 0 spiro atoms. The van der Waals surface area contributed by atoms with E-state index in [9.17, 15) is 8.42 Å². The monoisotopic (exact) mass is 380 g/mol. The van der Waals surface area contributed by atoms with Crippen molar-refractivity contribution in [2.24, 2.45) is 5.73 Å². The zero-order valence-corrected chi connectivity index (χ0v) is 15.6. The van der Waals surface area contributed by atoms with Crippen LogP contribution in [0.3, 0.4) is 0 Å². The highest BCUT2D eigenvalue weighted by atomic mass is 35.5. The van der Waals surface area contributed by atoms with Crippen LogP contribution in [0.1, 0.15) is 13.8 Å². The second kappa shape index (κ2) is 9.43. The predicted octanol–water partition coefficient (Wildman–Crippen LogP) is 1.25. The van der Waals surface area contributed by atoms with Gasteiger partial charge in [0.15, 0.2) is 11.5 Å². The van der Waals surface area contributed by atoms with E-state index in [1.807, 2.05) is 13.8 Å². The molecule has 1 heterocycles. The maximum Gasteiger partial charge on any atom is 0.243 e. The minimum absolute atomic E-state index is 0. The molecule has 0 bridgehead atoms. The fourth-order valence-corrected chi connectivity index (χ4v) is 3.87. The number of rotatable bonds is 7. The number of nitrogens with two attached hydrogens (primary N) is 1. The van der Waals surface area contributed by atoms with Crippen LogP contribution in [-0.4, -0.2) is 58.3 Å². The van der Waals surface area contributed by atoms with Crippen molar-refractivity contribution in [3.05, 3.63) is 18.2 Å². The van der Waals surface area contributed by atoms with Gasteiger partial charge in [0.05, 0.1) is 30.8 Å². The molecular weight excluding hydrogens is 356 g/mol. The van der Waals surface area contributed by atoms with E-state index in [0.717, 1.165) is 0 Å². The van der Waals surface area contributed by atoms with Gasteiger partial charge < -0.3 is 19.9 Å². The molecule has 1 fully saturated rings. The molecule has 0 amide bonds. The molecule has 138 valence electrons. The molecule has 1 saturated heterocycles. The zero-order valence-electron chi connectivity index (χ0n) is 13.9. The quantitative estimate of drug-likeness (QED) is 0.765. The number of halogens is 1. The number of benzene rings is 1. The van der Waals surface area contributed by atoms with Gasteiger partial charge in [-0.3, -0.25) is 0 Å². The Bertz CT molecular complexity index is 626. The van der Waals surface area contributed by atoms with Crippen molar-refractivity contribution < 1.29 is 22.6 Å². The lowest BCUT2D eigenvalue weighted by Crippen LogP contribution is -2.48. The lowest BCUT2D eigenvalue weighted by Gasteiger charge is -2.31. The van der Waals surface area contributed by atoms with Crippen LogP contribution in [-0.2, 0) is 14.8 Å². The van der Waals surface area contributed by atoms with Gasteiger partial charge in [-0.1, -0.05) is 0 Å². The van der Waals surface area contributed by atoms with Crippen LogP contribution in [0, 0.1) is 0 Å². The van der Waals surface area contributed by atoms with Crippen molar-refractivity contribution in [3.63, 3.8) is 0 Å². The number of hydrogen-bond acceptors (Lipinski definition) is 6. The summed E-state index contributed by atoms with van der Waals surface area (Å²) in [5.41, 5.74) is 5.58. The number of ether oxygens (including phenoxy) is 3. The molecule has 0 saturated carbocycles. The van der Waals surface area contributed by atoms with Crippen molar-refractivity contribution in [3.8, 4) is 11.5 Å². The molecule has 0 radical (unpaired) electrons. The molecule has 1 unspecified atom stereocenters. The molecule has 1 aromatic rings. The molecule has 7 nitrogen and oxygen atoms in total. The van der Waals surface area contributed by atoms with Gasteiger partial charge in [0.2, 0.25) is 10.0 Å². The Hall–Kier alpha value is -1.06. The lowest BCUT2D eigenvalue weighted by molar-refractivity contribution is 0.00450. The fourth-order valence-electron chi connectivity index (χ4n) is 2.39. The van der Waals surface area contributed by atoms with Crippen LogP contribution in [0.25, 0.3) is 0 Å². The summed E-state index contributed by atoms with van der Waals surface area (Å²) in [7, 11) is -3.62. The highest BCUT2D eigenvalue weighted by Gasteiger charge is 2.31. The van der Waals surface area contributed by atoms with Crippen molar-refractivity contribution in [2.75, 3.05) is 39.5 Å². The average Bonchev–Trinajstić information content (AvgIpc) is 2.57. The average molecular weight is 381 g/mol. The maximum absolute atomic E-state index is 12.8. The second-order valence-corrected chi connectivity index (χ2v) is 7.00. The van der Waals surface area contributed by atoms with E-state index in [1.54, 1.807) is 6.07 Å². The minimum atomic E-state index is -3.62. The van der Waals surface area contributed by atoms with Gasteiger partial charge in [0, 0.05) is 25.7 Å². The number of hydrogen-bond donors (Lipinski definition) is 1. The zero-order chi connectivity index (χ0) is 16.9. The normalized spacial score (nSPS) is 18.7. The molecule has 1 aromatic carbocycles. The van der Waals surface area contributed by atoms with Crippen molar-refractivity contribution in [1.29, 1.82) is 0 Å². The summed E-state index contributed by atoms with van der Waals surface area (Å²) in [6.07, 6.45) is -0.271. The molecule has 1 aliphatic heterocycles. The smallest absolute Gasteiger partial charge is 0.243 e. The molecule has 1 aliphatic rings. The summed E-state index contributed by atoms with van der Waals surface area (Å²) in [6.45, 7) is 5.82. The van der Waals surface area contributed by atoms with Crippen LogP contribution in [0.5, 0.6) is 11.5 Å². The largest absolute Gasteiger partial charge is 0.490 e. The van der Waals surface area contributed by atoms with Crippen molar-refractivity contribution in [2.45, 2.75) is 24.8 Å². The van der Waals surface area contributed by atoms with Crippen molar-refractivity contribution in [1.82, 2.24) is 4.31 Å². The standard InChI is InChI=1S/C15H24N2O5S.ClH/c1-3-20-14-6-5-13(9-15(14)21-4-2)23(18,19)17-7-8-22-12(10-16)11-17;/h5-6,9,12H,3-4,7-8,10-11,16H2,1-2H3;1H. The van der Waals surface area contributed by atoms with Crippen LogP contribution < -0.4 is 15.2 Å². The number of morpholine rings is 1. The highest BCUT2D eigenvalue weighted by Crippen LogP contribution is 2.31. The first-order chi connectivity index (χ1) is 11.0. The van der Waals surface area contributed by atoms with Crippen molar-refractivity contribution >= 4 is 22.4 Å². The first-order valence-corrected chi connectivity index (χ1v) is 9.18. The third kappa shape index (κ3) is 4.73. The first kappa shape index (κ1) is 21.0. The molecule has 24 heavy (non-hydrogen) atoms. The molecule has 0 aliphatic carbocycles. The fraction of sp³-hybridized carbons (Fsp3) is 0.600. The SMILES string of the molecule is CCOc1ccc(S(=O)(=O)N2CCOC(CN)C2)cc1OCC.Cl. The Kier molecular flexibility index (Phi) is 8.24. The van der Waals surface area contributed by atoms with Crippen LogP contribution >= 0.6 is 12.4 Å². The summed E-state index contributed by atoms with van der Waals surface area (Å²) < 4.78 is 43.4. The Morgan fingerprint density at radius 3 is 2.54 bits per heavy atom. The Balaban J connectivity index is 0.00000288. The Labute approximate surface area is 149 Å². The van der Waals surface area contributed by atoms with E-state index in [-0.39, 0.29) is 30.0 Å². The van der Waals surface area contributed by atoms with E-state index in [2.05, 4.69) is 0 Å². The topological polar surface area (TPSA) is 91.1 Å². The summed E-state index contributed by atoms with van der Waals surface area (Å²) >= 11 is 0. The number of nitrogens with zero attached hydrogens (tertiary/aromatic N) is 1. The van der Waals surface area contributed by atoms with E-state index in [4.69, 9.17) is 19.9 Å².